The van der Waals surface area contributed by atoms with Crippen LogP contribution in [0, 0.1) is 13.8 Å². The summed E-state index contributed by atoms with van der Waals surface area (Å²) in [5, 5.41) is 11.6. The highest BCUT2D eigenvalue weighted by Crippen LogP contribution is 2.24. The zero-order valence-corrected chi connectivity index (χ0v) is 12.5. The predicted octanol–water partition coefficient (Wildman–Crippen LogP) is 2.00. The van der Waals surface area contributed by atoms with Gasteiger partial charge in [0, 0.05) is 11.6 Å². The molecule has 0 saturated carbocycles. The Morgan fingerprint density at radius 2 is 2.10 bits per heavy atom. The summed E-state index contributed by atoms with van der Waals surface area (Å²) in [6, 6.07) is 7.55. The number of aromatic nitrogens is 1. The largest absolute Gasteiger partial charge is 0.441 e. The summed E-state index contributed by atoms with van der Waals surface area (Å²) >= 11 is 0. The molecule has 2 aromatic rings. The Morgan fingerprint density at radius 3 is 2.76 bits per heavy atom. The first-order valence-electron chi connectivity index (χ1n) is 6.93. The van der Waals surface area contributed by atoms with Crippen molar-refractivity contribution in [2.75, 3.05) is 6.61 Å². The van der Waals surface area contributed by atoms with E-state index in [2.05, 4.69) is 10.3 Å². The molecule has 1 aromatic heterocycles. The fourth-order valence-electron chi connectivity index (χ4n) is 2.04. The van der Waals surface area contributed by atoms with Crippen LogP contribution in [-0.4, -0.2) is 28.6 Å². The number of amides is 1. The van der Waals surface area contributed by atoms with Crippen LogP contribution >= 0.6 is 0 Å². The van der Waals surface area contributed by atoms with Gasteiger partial charge in [-0.1, -0.05) is 18.2 Å². The maximum absolute atomic E-state index is 11.8. The molecule has 5 heteroatoms. The molecule has 1 amide bonds. The lowest BCUT2D eigenvalue weighted by atomic mass is 10.1. The molecule has 1 unspecified atom stereocenters. The summed E-state index contributed by atoms with van der Waals surface area (Å²) in [5.41, 5.74) is 2.62. The van der Waals surface area contributed by atoms with Gasteiger partial charge in [0.15, 0.2) is 0 Å². The van der Waals surface area contributed by atoms with E-state index in [1.54, 1.807) is 13.8 Å². The number of nitrogens with zero attached hydrogens (tertiary/aromatic N) is 1. The van der Waals surface area contributed by atoms with Gasteiger partial charge in [-0.3, -0.25) is 4.79 Å². The van der Waals surface area contributed by atoms with Crippen molar-refractivity contribution in [3.8, 4) is 11.5 Å². The molecule has 0 spiro atoms. The number of carbonyl (C=O) groups excluding carboxylic acids is 1. The van der Waals surface area contributed by atoms with E-state index < -0.39 is 0 Å². The minimum Gasteiger partial charge on any atom is -0.441 e. The van der Waals surface area contributed by atoms with Gasteiger partial charge in [-0.2, -0.15) is 0 Å². The number of nitrogens with one attached hydrogen (secondary N) is 1. The Morgan fingerprint density at radius 1 is 1.38 bits per heavy atom. The molecule has 1 aromatic carbocycles. The van der Waals surface area contributed by atoms with E-state index in [-0.39, 0.29) is 25.0 Å². The van der Waals surface area contributed by atoms with Gasteiger partial charge in [0.05, 0.1) is 18.7 Å². The Bertz CT molecular complexity index is 634. The summed E-state index contributed by atoms with van der Waals surface area (Å²) in [6.45, 7) is 5.45. The summed E-state index contributed by atoms with van der Waals surface area (Å²) in [5.74, 6) is 0.993. The zero-order chi connectivity index (χ0) is 15.4. The average Bonchev–Trinajstić information content (AvgIpc) is 2.80. The molecule has 0 radical (unpaired) electrons. The van der Waals surface area contributed by atoms with E-state index in [9.17, 15) is 4.79 Å². The first kappa shape index (κ1) is 15.3. The molecule has 2 rings (SSSR count). The number of carbonyl (C=O) groups is 1. The molecule has 0 bridgehead atoms. The third-order valence-corrected chi connectivity index (χ3v) is 3.28. The molecular weight excluding hydrogens is 268 g/mol. The predicted molar refractivity (Wildman–Crippen MR) is 79.8 cm³/mol. The Hall–Kier alpha value is -2.14. The first-order valence-corrected chi connectivity index (χ1v) is 6.93. The highest BCUT2D eigenvalue weighted by molar-refractivity contribution is 5.78. The smallest absolute Gasteiger partial charge is 0.226 e. The van der Waals surface area contributed by atoms with Gasteiger partial charge in [0.2, 0.25) is 11.8 Å². The van der Waals surface area contributed by atoms with Crippen LogP contribution in [0.25, 0.3) is 11.5 Å². The number of aliphatic hydroxyl groups is 1. The lowest BCUT2D eigenvalue weighted by Crippen LogP contribution is -2.36. The fourth-order valence-corrected chi connectivity index (χ4v) is 2.04. The molecule has 1 heterocycles. The van der Waals surface area contributed by atoms with Crippen molar-refractivity contribution in [2.45, 2.75) is 33.2 Å². The SMILES string of the molecule is Cc1ccccc1-c1nc(CC(=O)NC(C)CO)c(C)o1. The van der Waals surface area contributed by atoms with E-state index in [1.165, 1.54) is 0 Å². The summed E-state index contributed by atoms with van der Waals surface area (Å²) < 4.78 is 5.67. The molecular formula is C16H20N2O3. The standard InChI is InChI=1S/C16H20N2O3/c1-10-6-4-5-7-13(10)16-18-14(12(3)21-16)8-15(20)17-11(2)9-19/h4-7,11,19H,8-9H2,1-3H3,(H,17,20). The van der Waals surface area contributed by atoms with Gasteiger partial charge >= 0.3 is 0 Å². The van der Waals surface area contributed by atoms with Crippen molar-refractivity contribution in [3.63, 3.8) is 0 Å². The number of aryl methyl sites for hydroxylation is 2. The second kappa shape index (κ2) is 6.54. The summed E-state index contributed by atoms with van der Waals surface area (Å²) in [4.78, 5) is 16.3. The van der Waals surface area contributed by atoms with E-state index in [0.717, 1.165) is 11.1 Å². The number of aliphatic hydroxyl groups excluding tert-OH is 1. The highest BCUT2D eigenvalue weighted by atomic mass is 16.4. The molecule has 5 nitrogen and oxygen atoms in total. The van der Waals surface area contributed by atoms with E-state index in [4.69, 9.17) is 9.52 Å². The first-order chi connectivity index (χ1) is 10.0. The van der Waals surface area contributed by atoms with Gasteiger partial charge in [-0.25, -0.2) is 4.98 Å². The summed E-state index contributed by atoms with van der Waals surface area (Å²) in [6.07, 6.45) is 0.144. The van der Waals surface area contributed by atoms with Crippen molar-refractivity contribution < 1.29 is 14.3 Å². The lowest BCUT2D eigenvalue weighted by molar-refractivity contribution is -0.121. The Labute approximate surface area is 124 Å². The number of hydrogen-bond acceptors (Lipinski definition) is 4. The van der Waals surface area contributed by atoms with Crippen molar-refractivity contribution >= 4 is 5.91 Å². The van der Waals surface area contributed by atoms with Gasteiger partial charge in [0.25, 0.3) is 0 Å². The molecule has 0 aliphatic carbocycles. The molecule has 0 saturated heterocycles. The molecule has 0 fully saturated rings. The quantitative estimate of drug-likeness (QED) is 0.882. The molecule has 0 aliphatic heterocycles. The van der Waals surface area contributed by atoms with Crippen LogP contribution in [0.5, 0.6) is 0 Å². The van der Waals surface area contributed by atoms with Crippen LogP contribution in [0.3, 0.4) is 0 Å². The number of oxazole rings is 1. The molecule has 112 valence electrons. The van der Waals surface area contributed by atoms with Gasteiger partial charge in [-0.15, -0.1) is 0 Å². The van der Waals surface area contributed by atoms with Crippen LogP contribution in [0.15, 0.2) is 28.7 Å². The van der Waals surface area contributed by atoms with E-state index in [1.807, 2.05) is 31.2 Å². The molecule has 1 atom stereocenters. The zero-order valence-electron chi connectivity index (χ0n) is 12.5. The Kier molecular flexibility index (Phi) is 4.75. The van der Waals surface area contributed by atoms with Crippen molar-refractivity contribution in [1.29, 1.82) is 0 Å². The highest BCUT2D eigenvalue weighted by Gasteiger charge is 2.16. The van der Waals surface area contributed by atoms with Crippen LogP contribution < -0.4 is 5.32 Å². The second-order valence-corrected chi connectivity index (χ2v) is 5.16. The van der Waals surface area contributed by atoms with Crippen molar-refractivity contribution in [3.05, 3.63) is 41.3 Å². The molecule has 0 aliphatic rings. The third-order valence-electron chi connectivity index (χ3n) is 3.28. The normalized spacial score (nSPS) is 12.2. The number of hydrogen-bond donors (Lipinski definition) is 2. The number of benzene rings is 1. The van der Waals surface area contributed by atoms with E-state index in [0.29, 0.717) is 17.3 Å². The van der Waals surface area contributed by atoms with Gasteiger partial charge in [0.1, 0.15) is 5.76 Å². The van der Waals surface area contributed by atoms with Crippen LogP contribution in [0.2, 0.25) is 0 Å². The molecule has 2 N–H and O–H groups in total. The van der Waals surface area contributed by atoms with E-state index >= 15 is 0 Å². The maximum atomic E-state index is 11.8. The molecule has 21 heavy (non-hydrogen) atoms. The van der Waals surface area contributed by atoms with Crippen LogP contribution in [-0.2, 0) is 11.2 Å². The lowest BCUT2D eigenvalue weighted by Gasteiger charge is -2.09. The minimum atomic E-state index is -0.263. The average molecular weight is 288 g/mol. The summed E-state index contributed by atoms with van der Waals surface area (Å²) in [7, 11) is 0. The van der Waals surface area contributed by atoms with Gasteiger partial charge < -0.3 is 14.8 Å². The Balaban J connectivity index is 2.17. The van der Waals surface area contributed by atoms with Crippen molar-refractivity contribution in [2.24, 2.45) is 0 Å². The van der Waals surface area contributed by atoms with Crippen LogP contribution in [0.4, 0.5) is 0 Å². The van der Waals surface area contributed by atoms with Gasteiger partial charge in [-0.05, 0) is 32.4 Å². The van der Waals surface area contributed by atoms with Crippen molar-refractivity contribution in [1.82, 2.24) is 10.3 Å². The number of rotatable bonds is 5. The monoisotopic (exact) mass is 288 g/mol. The second-order valence-electron chi connectivity index (χ2n) is 5.16. The maximum Gasteiger partial charge on any atom is 0.226 e. The minimum absolute atomic E-state index is 0.0853. The third kappa shape index (κ3) is 3.70. The van der Waals surface area contributed by atoms with Crippen LogP contribution in [0.1, 0.15) is 23.9 Å². The fraction of sp³-hybridized carbons (Fsp3) is 0.375. The topological polar surface area (TPSA) is 75.4 Å².